The number of aromatic nitrogens is 3. The van der Waals surface area contributed by atoms with Crippen molar-refractivity contribution in [2.45, 2.75) is 32.1 Å². The van der Waals surface area contributed by atoms with E-state index >= 15 is 0 Å². The van der Waals surface area contributed by atoms with Gasteiger partial charge in [0, 0.05) is 23.7 Å². The number of carbonyl (C=O) groups excluding carboxylic acids is 1. The second-order valence-corrected chi connectivity index (χ2v) is 4.74. The number of aromatic amines is 1. The third kappa shape index (κ3) is 2.25. The summed E-state index contributed by atoms with van der Waals surface area (Å²) in [7, 11) is 0. The fraction of sp³-hybridized carbons (Fsp3) is 0.462. The van der Waals surface area contributed by atoms with Crippen LogP contribution in [0.4, 0.5) is 0 Å². The summed E-state index contributed by atoms with van der Waals surface area (Å²) in [4.78, 5) is 26.6. The number of hydrogen-bond acceptors (Lipinski definition) is 4. The van der Waals surface area contributed by atoms with Gasteiger partial charge in [0.25, 0.3) is 5.56 Å². The van der Waals surface area contributed by atoms with Crippen molar-refractivity contribution in [2.24, 2.45) is 0 Å². The lowest BCUT2D eigenvalue weighted by Crippen LogP contribution is -2.22. The quantitative estimate of drug-likeness (QED) is 0.833. The molecule has 2 aromatic rings. The maximum atomic E-state index is 12.2. The van der Waals surface area contributed by atoms with E-state index in [1.54, 1.807) is 13.1 Å². The van der Waals surface area contributed by atoms with E-state index in [0.29, 0.717) is 23.7 Å². The lowest BCUT2D eigenvalue weighted by molar-refractivity contribution is -0.142. The van der Waals surface area contributed by atoms with E-state index in [2.05, 4.69) is 10.1 Å². The first-order valence-corrected chi connectivity index (χ1v) is 6.45. The van der Waals surface area contributed by atoms with E-state index in [9.17, 15) is 9.59 Å². The molecule has 0 amide bonds. The molecule has 6 nitrogen and oxygen atoms in total. The van der Waals surface area contributed by atoms with Crippen LogP contribution in [0, 0.1) is 0 Å². The molecular weight excluding hydrogens is 246 g/mol. The van der Waals surface area contributed by atoms with Gasteiger partial charge in [0.1, 0.15) is 5.65 Å². The van der Waals surface area contributed by atoms with E-state index in [4.69, 9.17) is 4.74 Å². The van der Waals surface area contributed by atoms with Crippen LogP contribution in [-0.4, -0.2) is 27.2 Å². The van der Waals surface area contributed by atoms with Gasteiger partial charge in [0.2, 0.25) is 0 Å². The summed E-state index contributed by atoms with van der Waals surface area (Å²) in [5.74, 6) is 0.0862. The monoisotopic (exact) mass is 261 g/mol. The first-order chi connectivity index (χ1) is 9.19. The Morgan fingerprint density at radius 2 is 2.37 bits per heavy atom. The average molecular weight is 261 g/mol. The Hall–Kier alpha value is -2.11. The van der Waals surface area contributed by atoms with Crippen molar-refractivity contribution in [2.75, 3.05) is 6.61 Å². The van der Waals surface area contributed by atoms with Crippen LogP contribution in [-0.2, 0) is 16.0 Å². The van der Waals surface area contributed by atoms with Crippen LogP contribution in [0.3, 0.4) is 0 Å². The molecule has 1 N–H and O–H groups in total. The third-order valence-corrected chi connectivity index (χ3v) is 3.23. The van der Waals surface area contributed by atoms with Gasteiger partial charge >= 0.3 is 5.97 Å². The number of H-pyrrole nitrogens is 1. The largest absolute Gasteiger partial charge is 0.466 e. The molecule has 2 aromatic heterocycles. The highest BCUT2D eigenvalue weighted by atomic mass is 16.5. The van der Waals surface area contributed by atoms with Crippen molar-refractivity contribution >= 4 is 11.6 Å². The maximum Gasteiger partial charge on any atom is 0.310 e. The zero-order valence-corrected chi connectivity index (χ0v) is 10.7. The molecule has 1 saturated carbocycles. The van der Waals surface area contributed by atoms with Crippen LogP contribution in [0.25, 0.3) is 5.65 Å². The normalized spacial score (nSPS) is 14.8. The SMILES string of the molecule is CCOC(=O)Cc1c[nH]c2cc(C3CC3)nn2c1=O. The maximum absolute atomic E-state index is 12.2. The Labute approximate surface area is 109 Å². The molecule has 3 rings (SSSR count). The number of carbonyl (C=O) groups is 1. The summed E-state index contributed by atoms with van der Waals surface area (Å²) < 4.78 is 6.18. The highest BCUT2D eigenvalue weighted by molar-refractivity contribution is 5.72. The van der Waals surface area contributed by atoms with Crippen molar-refractivity contribution in [3.05, 3.63) is 33.9 Å². The molecule has 0 radical (unpaired) electrons. The summed E-state index contributed by atoms with van der Waals surface area (Å²) in [5.41, 5.74) is 1.73. The first kappa shape index (κ1) is 12.0. The predicted molar refractivity (Wildman–Crippen MR) is 68.1 cm³/mol. The van der Waals surface area contributed by atoms with Crippen LogP contribution < -0.4 is 5.56 Å². The van der Waals surface area contributed by atoms with Crippen molar-refractivity contribution < 1.29 is 9.53 Å². The van der Waals surface area contributed by atoms with Gasteiger partial charge in [-0.25, -0.2) is 0 Å². The molecule has 0 bridgehead atoms. The Balaban J connectivity index is 1.95. The Bertz CT molecular complexity index is 682. The van der Waals surface area contributed by atoms with Crippen LogP contribution in [0.2, 0.25) is 0 Å². The predicted octanol–water partition coefficient (Wildman–Crippen LogP) is 1.01. The minimum atomic E-state index is -0.401. The molecule has 2 heterocycles. The summed E-state index contributed by atoms with van der Waals surface area (Å²) in [6.07, 6.45) is 3.80. The van der Waals surface area contributed by atoms with Gasteiger partial charge in [-0.05, 0) is 19.8 Å². The molecule has 0 aliphatic heterocycles. The van der Waals surface area contributed by atoms with Crippen molar-refractivity contribution in [3.63, 3.8) is 0 Å². The summed E-state index contributed by atoms with van der Waals surface area (Å²) in [5, 5.41) is 4.31. The molecule has 0 atom stereocenters. The number of rotatable bonds is 4. The van der Waals surface area contributed by atoms with Gasteiger partial charge in [-0.15, -0.1) is 0 Å². The van der Waals surface area contributed by atoms with Crippen molar-refractivity contribution in [3.8, 4) is 0 Å². The molecule has 0 saturated heterocycles. The van der Waals surface area contributed by atoms with Crippen LogP contribution in [0.15, 0.2) is 17.1 Å². The van der Waals surface area contributed by atoms with Crippen molar-refractivity contribution in [1.82, 2.24) is 14.6 Å². The Kier molecular flexibility index (Phi) is 2.85. The van der Waals surface area contributed by atoms with E-state index in [1.807, 2.05) is 6.07 Å². The molecule has 19 heavy (non-hydrogen) atoms. The Morgan fingerprint density at radius 1 is 1.58 bits per heavy atom. The lowest BCUT2D eigenvalue weighted by Gasteiger charge is -2.01. The number of hydrogen-bond donors (Lipinski definition) is 1. The molecule has 1 fully saturated rings. The molecule has 1 aliphatic rings. The fourth-order valence-electron chi connectivity index (χ4n) is 2.09. The standard InChI is InChI=1S/C13H15N3O3/c1-2-19-12(17)5-9-7-14-11-6-10(8-3-4-8)15-16(11)13(9)18/h6-8,14H,2-5H2,1H3. The minimum absolute atomic E-state index is 0.0300. The topological polar surface area (TPSA) is 76.5 Å². The molecule has 6 heteroatoms. The zero-order chi connectivity index (χ0) is 13.4. The molecule has 1 aliphatic carbocycles. The minimum Gasteiger partial charge on any atom is -0.466 e. The van der Waals surface area contributed by atoms with Crippen molar-refractivity contribution in [1.29, 1.82) is 0 Å². The molecule has 0 aromatic carbocycles. The van der Waals surface area contributed by atoms with Crippen LogP contribution in [0.5, 0.6) is 0 Å². The first-order valence-electron chi connectivity index (χ1n) is 6.45. The second-order valence-electron chi connectivity index (χ2n) is 4.74. The highest BCUT2D eigenvalue weighted by Crippen LogP contribution is 2.39. The van der Waals surface area contributed by atoms with E-state index in [0.717, 1.165) is 18.5 Å². The van der Waals surface area contributed by atoms with E-state index < -0.39 is 5.97 Å². The number of ether oxygens (including phenoxy) is 1. The molecule has 100 valence electrons. The van der Waals surface area contributed by atoms with Crippen LogP contribution in [0.1, 0.15) is 36.9 Å². The van der Waals surface area contributed by atoms with Gasteiger partial charge in [0.15, 0.2) is 0 Å². The molecular formula is C13H15N3O3. The highest BCUT2D eigenvalue weighted by Gasteiger charge is 2.27. The number of esters is 1. The number of nitrogens with one attached hydrogen (secondary N) is 1. The summed E-state index contributed by atoms with van der Waals surface area (Å²) >= 11 is 0. The van der Waals surface area contributed by atoms with Gasteiger partial charge < -0.3 is 9.72 Å². The van der Waals surface area contributed by atoms with E-state index in [1.165, 1.54) is 4.52 Å². The Morgan fingerprint density at radius 3 is 3.05 bits per heavy atom. The van der Waals surface area contributed by atoms with Crippen LogP contribution >= 0.6 is 0 Å². The number of nitrogens with zero attached hydrogens (tertiary/aromatic N) is 2. The van der Waals surface area contributed by atoms with E-state index in [-0.39, 0.29) is 12.0 Å². The number of fused-ring (bicyclic) bond motifs is 1. The lowest BCUT2D eigenvalue weighted by atomic mass is 10.2. The smallest absolute Gasteiger partial charge is 0.310 e. The van der Waals surface area contributed by atoms with Gasteiger partial charge in [-0.3, -0.25) is 9.59 Å². The molecule has 0 spiro atoms. The summed E-state index contributed by atoms with van der Waals surface area (Å²) in [6, 6.07) is 1.90. The van der Waals surface area contributed by atoms with Gasteiger partial charge in [0.05, 0.1) is 18.7 Å². The summed E-state index contributed by atoms with van der Waals surface area (Å²) in [6.45, 7) is 2.05. The molecule has 0 unspecified atom stereocenters. The van der Waals surface area contributed by atoms with Gasteiger partial charge in [-0.2, -0.15) is 9.61 Å². The second kappa shape index (κ2) is 4.53. The fourth-order valence-corrected chi connectivity index (χ4v) is 2.09. The van der Waals surface area contributed by atoms with Gasteiger partial charge in [-0.1, -0.05) is 0 Å². The third-order valence-electron chi connectivity index (χ3n) is 3.23. The average Bonchev–Trinajstić information content (AvgIpc) is 3.13. The zero-order valence-electron chi connectivity index (χ0n) is 10.7.